The fraction of sp³-hybridized carbons (Fsp3) is 0.923. The highest BCUT2D eigenvalue weighted by Gasteiger charge is 2.31. The van der Waals surface area contributed by atoms with Gasteiger partial charge < -0.3 is 15.4 Å². The zero-order chi connectivity index (χ0) is 12.3. The third-order valence-corrected chi connectivity index (χ3v) is 4.23. The molecule has 4 heteroatoms. The molecule has 1 saturated carbocycles. The molecular weight excluding hydrogens is 216 g/mol. The van der Waals surface area contributed by atoms with Crippen LogP contribution in [0.5, 0.6) is 0 Å². The van der Waals surface area contributed by atoms with Crippen LogP contribution >= 0.6 is 0 Å². The van der Waals surface area contributed by atoms with Crippen LogP contribution in [0.25, 0.3) is 0 Å². The lowest BCUT2D eigenvalue weighted by Crippen LogP contribution is -2.44. The van der Waals surface area contributed by atoms with Gasteiger partial charge in [-0.25, -0.2) is 0 Å². The Morgan fingerprint density at radius 3 is 2.82 bits per heavy atom. The molecule has 0 bridgehead atoms. The van der Waals surface area contributed by atoms with E-state index in [0.717, 1.165) is 32.0 Å². The van der Waals surface area contributed by atoms with Crippen molar-refractivity contribution in [2.75, 3.05) is 19.7 Å². The first-order chi connectivity index (χ1) is 8.16. The third kappa shape index (κ3) is 3.42. The van der Waals surface area contributed by atoms with Gasteiger partial charge >= 0.3 is 0 Å². The SMILES string of the molecule is CC1CCC(NC(=O)CC2CNCCO2)C1C. The van der Waals surface area contributed by atoms with E-state index in [1.807, 2.05) is 0 Å². The van der Waals surface area contributed by atoms with Gasteiger partial charge in [-0.1, -0.05) is 13.8 Å². The number of nitrogens with one attached hydrogen (secondary N) is 2. The van der Waals surface area contributed by atoms with Crippen molar-refractivity contribution < 1.29 is 9.53 Å². The summed E-state index contributed by atoms with van der Waals surface area (Å²) < 4.78 is 5.54. The quantitative estimate of drug-likeness (QED) is 0.771. The Morgan fingerprint density at radius 2 is 2.24 bits per heavy atom. The topological polar surface area (TPSA) is 50.4 Å². The number of morpholine rings is 1. The van der Waals surface area contributed by atoms with Crippen molar-refractivity contribution in [2.24, 2.45) is 11.8 Å². The maximum Gasteiger partial charge on any atom is 0.222 e. The molecule has 2 fully saturated rings. The molecular formula is C13H24N2O2. The largest absolute Gasteiger partial charge is 0.375 e. The first-order valence-corrected chi connectivity index (χ1v) is 6.78. The molecule has 0 spiro atoms. The first kappa shape index (κ1) is 12.8. The van der Waals surface area contributed by atoms with Gasteiger partial charge in [0.05, 0.1) is 19.1 Å². The number of hydrogen-bond donors (Lipinski definition) is 2. The lowest BCUT2D eigenvalue weighted by molar-refractivity contribution is -0.125. The van der Waals surface area contributed by atoms with Crippen molar-refractivity contribution in [1.82, 2.24) is 10.6 Å². The van der Waals surface area contributed by atoms with Crippen LogP contribution in [0.15, 0.2) is 0 Å². The Balaban J connectivity index is 1.73. The van der Waals surface area contributed by atoms with E-state index in [1.165, 1.54) is 6.42 Å². The van der Waals surface area contributed by atoms with Gasteiger partial charge in [0, 0.05) is 19.1 Å². The average molecular weight is 240 g/mol. The highest BCUT2D eigenvalue weighted by Crippen LogP contribution is 2.31. The molecule has 0 aromatic rings. The van der Waals surface area contributed by atoms with Gasteiger partial charge in [-0.05, 0) is 24.7 Å². The minimum Gasteiger partial charge on any atom is -0.375 e. The highest BCUT2D eigenvalue weighted by atomic mass is 16.5. The summed E-state index contributed by atoms with van der Waals surface area (Å²) in [6.45, 7) is 6.92. The maximum atomic E-state index is 11.9. The molecule has 1 aliphatic heterocycles. The van der Waals surface area contributed by atoms with Gasteiger partial charge in [-0.15, -0.1) is 0 Å². The Bertz CT molecular complexity index is 264. The molecule has 1 aliphatic carbocycles. The zero-order valence-corrected chi connectivity index (χ0v) is 10.9. The predicted octanol–water partition coefficient (Wildman–Crippen LogP) is 0.916. The van der Waals surface area contributed by atoms with Crippen molar-refractivity contribution in [2.45, 2.75) is 45.3 Å². The van der Waals surface area contributed by atoms with E-state index in [1.54, 1.807) is 0 Å². The van der Waals surface area contributed by atoms with Crippen LogP contribution in [-0.2, 0) is 9.53 Å². The molecule has 98 valence electrons. The van der Waals surface area contributed by atoms with Crippen molar-refractivity contribution in [3.05, 3.63) is 0 Å². The number of hydrogen-bond acceptors (Lipinski definition) is 3. The molecule has 1 heterocycles. The number of carbonyl (C=O) groups excluding carboxylic acids is 1. The Kier molecular flexibility index (Phi) is 4.40. The second-order valence-electron chi connectivity index (χ2n) is 5.49. The second-order valence-corrected chi connectivity index (χ2v) is 5.49. The molecule has 0 aromatic carbocycles. The molecule has 4 atom stereocenters. The molecule has 17 heavy (non-hydrogen) atoms. The van der Waals surface area contributed by atoms with Gasteiger partial charge in [0.15, 0.2) is 0 Å². The Hall–Kier alpha value is -0.610. The summed E-state index contributed by atoms with van der Waals surface area (Å²) in [6.07, 6.45) is 2.90. The summed E-state index contributed by atoms with van der Waals surface area (Å²) >= 11 is 0. The second kappa shape index (κ2) is 5.83. The Labute approximate surface area is 103 Å². The molecule has 1 amide bonds. The number of ether oxygens (including phenoxy) is 1. The maximum absolute atomic E-state index is 11.9. The number of amides is 1. The highest BCUT2D eigenvalue weighted by molar-refractivity contribution is 5.76. The summed E-state index contributed by atoms with van der Waals surface area (Å²) in [5, 5.41) is 6.40. The van der Waals surface area contributed by atoms with Gasteiger partial charge in [0.1, 0.15) is 0 Å². The molecule has 0 radical (unpaired) electrons. The van der Waals surface area contributed by atoms with Crippen LogP contribution in [0, 0.1) is 11.8 Å². The van der Waals surface area contributed by atoms with Crippen LogP contribution in [0.4, 0.5) is 0 Å². The van der Waals surface area contributed by atoms with Crippen molar-refractivity contribution >= 4 is 5.91 Å². The third-order valence-electron chi connectivity index (χ3n) is 4.23. The standard InChI is InChI=1S/C13H24N2O2/c1-9-3-4-12(10(9)2)15-13(16)7-11-8-14-5-6-17-11/h9-12,14H,3-8H2,1-2H3,(H,15,16). The van der Waals surface area contributed by atoms with Crippen LogP contribution in [0.3, 0.4) is 0 Å². The molecule has 1 saturated heterocycles. The van der Waals surface area contributed by atoms with E-state index < -0.39 is 0 Å². The van der Waals surface area contributed by atoms with E-state index in [9.17, 15) is 4.79 Å². The summed E-state index contributed by atoms with van der Waals surface area (Å²) in [5.41, 5.74) is 0. The molecule has 4 unspecified atom stereocenters. The van der Waals surface area contributed by atoms with Crippen molar-refractivity contribution in [3.8, 4) is 0 Å². The normalized spacial score (nSPS) is 38.0. The zero-order valence-electron chi connectivity index (χ0n) is 10.9. The van der Waals surface area contributed by atoms with Gasteiger partial charge in [-0.2, -0.15) is 0 Å². The summed E-state index contributed by atoms with van der Waals surface area (Å²) in [5.74, 6) is 1.47. The fourth-order valence-electron chi connectivity index (χ4n) is 2.79. The fourth-order valence-corrected chi connectivity index (χ4v) is 2.79. The summed E-state index contributed by atoms with van der Waals surface area (Å²) in [6, 6.07) is 0.369. The van der Waals surface area contributed by atoms with E-state index in [0.29, 0.717) is 18.4 Å². The minimum atomic E-state index is 0.0536. The van der Waals surface area contributed by atoms with E-state index in [4.69, 9.17) is 4.74 Å². The number of carbonyl (C=O) groups is 1. The van der Waals surface area contributed by atoms with E-state index >= 15 is 0 Å². The number of rotatable bonds is 3. The molecule has 4 nitrogen and oxygen atoms in total. The lowest BCUT2D eigenvalue weighted by Gasteiger charge is -2.25. The molecule has 0 aromatic heterocycles. The van der Waals surface area contributed by atoms with E-state index in [2.05, 4.69) is 24.5 Å². The molecule has 2 aliphatic rings. The van der Waals surface area contributed by atoms with Gasteiger partial charge in [0.2, 0.25) is 5.91 Å². The smallest absolute Gasteiger partial charge is 0.222 e. The van der Waals surface area contributed by atoms with E-state index in [-0.39, 0.29) is 12.0 Å². The summed E-state index contributed by atoms with van der Waals surface area (Å²) in [4.78, 5) is 11.9. The van der Waals surface area contributed by atoms with Crippen LogP contribution < -0.4 is 10.6 Å². The monoisotopic (exact) mass is 240 g/mol. The average Bonchev–Trinajstić information content (AvgIpc) is 2.62. The van der Waals surface area contributed by atoms with Crippen molar-refractivity contribution in [1.29, 1.82) is 0 Å². The van der Waals surface area contributed by atoms with Crippen LogP contribution in [0.2, 0.25) is 0 Å². The van der Waals surface area contributed by atoms with Crippen LogP contribution in [-0.4, -0.2) is 37.7 Å². The molecule has 2 N–H and O–H groups in total. The predicted molar refractivity (Wildman–Crippen MR) is 66.7 cm³/mol. The van der Waals surface area contributed by atoms with Gasteiger partial charge in [0.25, 0.3) is 0 Å². The Morgan fingerprint density at radius 1 is 1.41 bits per heavy atom. The van der Waals surface area contributed by atoms with Gasteiger partial charge in [-0.3, -0.25) is 4.79 Å². The first-order valence-electron chi connectivity index (χ1n) is 6.78. The van der Waals surface area contributed by atoms with Crippen molar-refractivity contribution in [3.63, 3.8) is 0 Å². The molecule has 2 rings (SSSR count). The minimum absolute atomic E-state index is 0.0536. The lowest BCUT2D eigenvalue weighted by atomic mass is 9.97. The van der Waals surface area contributed by atoms with Crippen LogP contribution in [0.1, 0.15) is 33.1 Å². The summed E-state index contributed by atoms with van der Waals surface area (Å²) in [7, 11) is 0.